The van der Waals surface area contributed by atoms with Crippen molar-refractivity contribution in [1.82, 2.24) is 9.97 Å². The summed E-state index contributed by atoms with van der Waals surface area (Å²) in [5.74, 6) is -0.0577. The Morgan fingerprint density at radius 3 is 1.48 bits per heavy atom. The fourth-order valence-corrected chi connectivity index (χ4v) is 1.55. The first-order valence-electron chi connectivity index (χ1n) is 7.59. The van der Waals surface area contributed by atoms with Crippen molar-refractivity contribution < 1.29 is 28.5 Å². The number of anilines is 1. The lowest BCUT2D eigenvalue weighted by Gasteiger charge is -2.27. The number of hydrogen-bond donors (Lipinski definition) is 0. The Labute approximate surface area is 147 Å². The van der Waals surface area contributed by atoms with Gasteiger partial charge in [-0.3, -0.25) is 0 Å². The number of hydrogen-bond acceptors (Lipinski definition) is 8. The molecule has 0 unspecified atom stereocenters. The lowest BCUT2D eigenvalue weighted by Crippen LogP contribution is -2.44. The van der Waals surface area contributed by atoms with Crippen LogP contribution in [0.1, 0.15) is 41.5 Å². The highest BCUT2D eigenvalue weighted by Crippen LogP contribution is 2.23. The lowest BCUT2D eigenvalue weighted by molar-refractivity contribution is 0.0427. The number of methoxy groups -OCH3 is 2. The molecule has 0 aliphatic heterocycles. The molecular formula is C16H25N3O6. The highest BCUT2D eigenvalue weighted by atomic mass is 16.6. The average molecular weight is 355 g/mol. The molecule has 1 aromatic rings. The maximum atomic E-state index is 12.5. The van der Waals surface area contributed by atoms with Gasteiger partial charge in [-0.1, -0.05) is 0 Å². The molecule has 0 radical (unpaired) electrons. The molecule has 25 heavy (non-hydrogen) atoms. The van der Waals surface area contributed by atoms with E-state index in [9.17, 15) is 9.59 Å². The normalized spacial score (nSPS) is 11.5. The average Bonchev–Trinajstić information content (AvgIpc) is 2.43. The Kier molecular flexibility index (Phi) is 6.17. The van der Waals surface area contributed by atoms with Gasteiger partial charge in [0.05, 0.1) is 20.3 Å². The van der Waals surface area contributed by atoms with E-state index in [1.807, 2.05) is 0 Å². The summed E-state index contributed by atoms with van der Waals surface area (Å²) < 4.78 is 20.6. The molecule has 0 N–H and O–H groups in total. The van der Waals surface area contributed by atoms with Crippen LogP contribution in [0.3, 0.4) is 0 Å². The number of carbonyl (C=O) groups is 2. The van der Waals surface area contributed by atoms with Gasteiger partial charge in [-0.15, -0.1) is 4.90 Å². The van der Waals surface area contributed by atoms with Crippen LogP contribution in [0.4, 0.5) is 15.5 Å². The smallest absolute Gasteiger partial charge is 0.427 e. The summed E-state index contributed by atoms with van der Waals surface area (Å²) in [6.07, 6.45) is -1.95. The molecule has 0 bridgehead atoms. The number of carbonyl (C=O) groups excluding carboxylic acids is 2. The summed E-state index contributed by atoms with van der Waals surface area (Å²) in [6, 6.07) is 1.41. The maximum Gasteiger partial charge on any atom is 0.427 e. The van der Waals surface area contributed by atoms with Gasteiger partial charge in [0.2, 0.25) is 11.8 Å². The Balaban J connectivity index is 3.35. The fraction of sp³-hybridized carbons (Fsp3) is 0.625. The summed E-state index contributed by atoms with van der Waals surface area (Å²) in [7, 11) is 2.77. The number of amides is 2. The summed E-state index contributed by atoms with van der Waals surface area (Å²) >= 11 is 0. The van der Waals surface area contributed by atoms with Gasteiger partial charge >= 0.3 is 12.2 Å². The van der Waals surface area contributed by atoms with Gasteiger partial charge in [-0.25, -0.2) is 9.59 Å². The molecule has 0 saturated heterocycles. The molecular weight excluding hydrogens is 330 g/mol. The molecule has 9 heteroatoms. The van der Waals surface area contributed by atoms with E-state index in [0.717, 1.165) is 0 Å². The van der Waals surface area contributed by atoms with Crippen LogP contribution in [0.15, 0.2) is 6.07 Å². The quantitative estimate of drug-likeness (QED) is 0.815. The van der Waals surface area contributed by atoms with Gasteiger partial charge in [-0.05, 0) is 41.5 Å². The van der Waals surface area contributed by atoms with Crippen LogP contribution >= 0.6 is 0 Å². The number of ether oxygens (including phenoxy) is 4. The third-order valence-electron chi connectivity index (χ3n) is 2.44. The predicted octanol–water partition coefficient (Wildman–Crippen LogP) is 3.17. The van der Waals surface area contributed by atoms with Gasteiger partial charge < -0.3 is 18.9 Å². The third-order valence-corrected chi connectivity index (χ3v) is 2.44. The van der Waals surface area contributed by atoms with E-state index in [4.69, 9.17) is 18.9 Å². The van der Waals surface area contributed by atoms with Crippen molar-refractivity contribution in [3.8, 4) is 11.8 Å². The molecule has 0 atom stereocenters. The first-order valence-corrected chi connectivity index (χ1v) is 7.59. The van der Waals surface area contributed by atoms with Gasteiger partial charge in [0.25, 0.3) is 5.95 Å². The van der Waals surface area contributed by atoms with Crippen LogP contribution in [0.2, 0.25) is 0 Å². The number of nitrogens with zero attached hydrogens (tertiary/aromatic N) is 3. The molecule has 0 aliphatic carbocycles. The van der Waals surface area contributed by atoms with E-state index < -0.39 is 23.4 Å². The molecule has 2 amide bonds. The summed E-state index contributed by atoms with van der Waals surface area (Å²) in [5.41, 5.74) is -1.67. The van der Waals surface area contributed by atoms with E-state index in [1.54, 1.807) is 41.5 Å². The van der Waals surface area contributed by atoms with Crippen LogP contribution in [-0.2, 0) is 9.47 Å². The van der Waals surface area contributed by atoms with Crippen molar-refractivity contribution in [2.75, 3.05) is 19.1 Å². The first kappa shape index (κ1) is 20.5. The van der Waals surface area contributed by atoms with Gasteiger partial charge in [0, 0.05) is 0 Å². The van der Waals surface area contributed by atoms with Crippen molar-refractivity contribution in [2.24, 2.45) is 0 Å². The molecule has 9 nitrogen and oxygen atoms in total. The van der Waals surface area contributed by atoms with Gasteiger partial charge in [0.1, 0.15) is 11.2 Å². The zero-order valence-electron chi connectivity index (χ0n) is 15.9. The Hall–Kier alpha value is -2.58. The summed E-state index contributed by atoms with van der Waals surface area (Å²) in [5, 5.41) is 0. The second kappa shape index (κ2) is 7.54. The fourth-order valence-electron chi connectivity index (χ4n) is 1.55. The molecule has 1 rings (SSSR count). The van der Waals surface area contributed by atoms with Gasteiger partial charge in [0.15, 0.2) is 0 Å². The first-order chi connectivity index (χ1) is 11.4. The van der Waals surface area contributed by atoms with Crippen LogP contribution in [0, 0.1) is 0 Å². The molecule has 0 aliphatic rings. The highest BCUT2D eigenvalue weighted by Gasteiger charge is 2.35. The zero-order valence-corrected chi connectivity index (χ0v) is 15.9. The number of aromatic nitrogens is 2. The summed E-state index contributed by atoms with van der Waals surface area (Å²) in [4.78, 5) is 33.7. The molecule has 0 fully saturated rings. The minimum absolute atomic E-state index is 0.110. The Bertz CT molecular complexity index is 583. The van der Waals surface area contributed by atoms with Crippen molar-refractivity contribution in [1.29, 1.82) is 0 Å². The molecule has 140 valence electrons. The molecule has 1 heterocycles. The Morgan fingerprint density at radius 1 is 0.840 bits per heavy atom. The predicted molar refractivity (Wildman–Crippen MR) is 90.1 cm³/mol. The second-order valence-corrected chi connectivity index (χ2v) is 7.05. The maximum absolute atomic E-state index is 12.5. The van der Waals surface area contributed by atoms with Crippen molar-refractivity contribution in [3.63, 3.8) is 0 Å². The van der Waals surface area contributed by atoms with E-state index in [0.29, 0.717) is 4.90 Å². The standard InChI is InChI=1S/C16H25N3O6/c1-15(2,3)24-13(20)19(14(21)25-16(4,5)6)12-17-10(22-7)9-11(18-12)23-8/h9H,1-8H3. The minimum atomic E-state index is -0.975. The topological polar surface area (TPSA) is 100 Å². The van der Waals surface area contributed by atoms with E-state index in [-0.39, 0.29) is 17.7 Å². The Morgan fingerprint density at radius 2 is 1.20 bits per heavy atom. The minimum Gasteiger partial charge on any atom is -0.481 e. The van der Waals surface area contributed by atoms with E-state index in [1.165, 1.54) is 20.3 Å². The number of imide groups is 1. The summed E-state index contributed by atoms with van der Waals surface area (Å²) in [6.45, 7) is 10.0. The van der Waals surface area contributed by atoms with E-state index in [2.05, 4.69) is 9.97 Å². The van der Waals surface area contributed by atoms with Gasteiger partial charge in [-0.2, -0.15) is 9.97 Å². The van der Waals surface area contributed by atoms with Crippen molar-refractivity contribution in [3.05, 3.63) is 6.07 Å². The SMILES string of the molecule is COc1cc(OC)nc(N(C(=O)OC(C)(C)C)C(=O)OC(C)(C)C)n1. The lowest BCUT2D eigenvalue weighted by atomic mass is 10.2. The van der Waals surface area contributed by atoms with Crippen LogP contribution < -0.4 is 14.4 Å². The van der Waals surface area contributed by atoms with Crippen LogP contribution in [-0.4, -0.2) is 47.6 Å². The largest absolute Gasteiger partial charge is 0.481 e. The monoisotopic (exact) mass is 355 g/mol. The zero-order chi connectivity index (χ0) is 19.4. The molecule has 0 aromatic carbocycles. The van der Waals surface area contributed by atoms with Crippen molar-refractivity contribution >= 4 is 18.1 Å². The van der Waals surface area contributed by atoms with E-state index >= 15 is 0 Å². The molecule has 0 saturated carbocycles. The third kappa shape index (κ3) is 6.44. The molecule has 0 spiro atoms. The highest BCUT2D eigenvalue weighted by molar-refractivity contribution is 6.08. The van der Waals surface area contributed by atoms with Crippen molar-refractivity contribution in [2.45, 2.75) is 52.7 Å². The molecule has 1 aromatic heterocycles. The number of rotatable bonds is 3. The van der Waals surface area contributed by atoms with Crippen LogP contribution in [0.25, 0.3) is 0 Å². The second-order valence-electron chi connectivity index (χ2n) is 7.05. The van der Waals surface area contributed by atoms with Crippen LogP contribution in [0.5, 0.6) is 11.8 Å².